The molecule has 0 atom stereocenters. The van der Waals surface area contributed by atoms with Crippen LogP contribution in [0.2, 0.25) is 0 Å². The molecule has 4 aromatic rings. The van der Waals surface area contributed by atoms with Crippen LogP contribution >= 0.6 is 0 Å². The third-order valence-corrected chi connectivity index (χ3v) is 3.93. The SMILES string of the molecule is Fc1ccc2nc(Nc3ccc4cc[nH]c4c3)ccc2c1C(F)(F)F. The molecule has 0 aliphatic rings. The van der Waals surface area contributed by atoms with Crippen LogP contribution in [0.3, 0.4) is 0 Å². The monoisotopic (exact) mass is 345 g/mol. The number of hydrogen-bond donors (Lipinski definition) is 2. The quantitative estimate of drug-likeness (QED) is 0.463. The van der Waals surface area contributed by atoms with Crippen molar-refractivity contribution in [2.75, 3.05) is 5.32 Å². The van der Waals surface area contributed by atoms with Crippen molar-refractivity contribution in [1.82, 2.24) is 9.97 Å². The third-order valence-electron chi connectivity index (χ3n) is 3.93. The molecule has 0 aliphatic heterocycles. The number of anilines is 2. The summed E-state index contributed by atoms with van der Waals surface area (Å²) in [5.41, 5.74) is 0.434. The maximum Gasteiger partial charge on any atom is 0.419 e. The Morgan fingerprint density at radius 2 is 1.80 bits per heavy atom. The van der Waals surface area contributed by atoms with Gasteiger partial charge < -0.3 is 10.3 Å². The third kappa shape index (κ3) is 2.77. The maximum absolute atomic E-state index is 13.6. The van der Waals surface area contributed by atoms with E-state index in [1.165, 1.54) is 18.2 Å². The fraction of sp³-hybridized carbons (Fsp3) is 0.0556. The van der Waals surface area contributed by atoms with Crippen LogP contribution in [-0.4, -0.2) is 9.97 Å². The van der Waals surface area contributed by atoms with Crippen molar-refractivity contribution in [3.05, 3.63) is 66.1 Å². The van der Waals surface area contributed by atoms with Crippen LogP contribution in [0.25, 0.3) is 21.8 Å². The second kappa shape index (κ2) is 5.47. The van der Waals surface area contributed by atoms with E-state index < -0.39 is 17.6 Å². The number of nitrogens with zero attached hydrogens (tertiary/aromatic N) is 1. The highest BCUT2D eigenvalue weighted by Crippen LogP contribution is 2.36. The van der Waals surface area contributed by atoms with E-state index in [-0.39, 0.29) is 10.9 Å². The minimum absolute atomic E-state index is 0.0691. The Hall–Kier alpha value is -3.09. The van der Waals surface area contributed by atoms with Gasteiger partial charge in [0.2, 0.25) is 0 Å². The summed E-state index contributed by atoms with van der Waals surface area (Å²) in [7, 11) is 0. The molecule has 2 aromatic heterocycles. The molecule has 0 bridgehead atoms. The van der Waals surface area contributed by atoms with E-state index in [4.69, 9.17) is 0 Å². The Bertz CT molecular complexity index is 1080. The molecule has 3 nitrogen and oxygen atoms in total. The highest BCUT2D eigenvalue weighted by atomic mass is 19.4. The van der Waals surface area contributed by atoms with Crippen molar-refractivity contribution < 1.29 is 17.6 Å². The summed E-state index contributed by atoms with van der Waals surface area (Å²) in [5.74, 6) is -0.933. The molecule has 0 amide bonds. The summed E-state index contributed by atoms with van der Waals surface area (Å²) < 4.78 is 52.8. The standard InChI is InChI=1S/C18H11F4N3/c19-13-4-5-14-12(17(13)18(20,21)22)3-6-16(25-14)24-11-2-1-10-7-8-23-15(10)9-11/h1-9,23H,(H,24,25). The normalized spacial score (nSPS) is 12.0. The summed E-state index contributed by atoms with van der Waals surface area (Å²) in [4.78, 5) is 7.24. The summed E-state index contributed by atoms with van der Waals surface area (Å²) in [6.45, 7) is 0. The van der Waals surface area contributed by atoms with Gasteiger partial charge in [0, 0.05) is 22.8 Å². The number of rotatable bonds is 2. The van der Waals surface area contributed by atoms with E-state index in [9.17, 15) is 17.6 Å². The van der Waals surface area contributed by atoms with Gasteiger partial charge in [-0.05, 0) is 47.9 Å². The molecule has 2 heterocycles. The molecule has 25 heavy (non-hydrogen) atoms. The number of alkyl halides is 3. The van der Waals surface area contributed by atoms with Crippen LogP contribution in [0.4, 0.5) is 29.1 Å². The van der Waals surface area contributed by atoms with Gasteiger partial charge in [-0.2, -0.15) is 13.2 Å². The number of H-pyrrole nitrogens is 1. The van der Waals surface area contributed by atoms with Crippen molar-refractivity contribution in [3.8, 4) is 0 Å². The van der Waals surface area contributed by atoms with Crippen LogP contribution in [0, 0.1) is 5.82 Å². The molecule has 0 saturated heterocycles. The molecule has 0 fully saturated rings. The van der Waals surface area contributed by atoms with E-state index in [0.29, 0.717) is 5.82 Å². The zero-order valence-corrected chi connectivity index (χ0v) is 12.7. The number of pyridine rings is 1. The highest BCUT2D eigenvalue weighted by molar-refractivity contribution is 5.86. The molecule has 2 N–H and O–H groups in total. The van der Waals surface area contributed by atoms with E-state index in [0.717, 1.165) is 22.7 Å². The average Bonchev–Trinajstić information content (AvgIpc) is 3.01. The zero-order valence-electron chi connectivity index (χ0n) is 12.7. The predicted octanol–water partition coefficient (Wildman–Crippen LogP) is 5.62. The molecule has 7 heteroatoms. The van der Waals surface area contributed by atoms with Crippen LogP contribution in [0.15, 0.2) is 54.7 Å². The Balaban J connectivity index is 1.75. The lowest BCUT2D eigenvalue weighted by atomic mass is 10.1. The van der Waals surface area contributed by atoms with E-state index in [1.54, 1.807) is 0 Å². The molecular weight excluding hydrogens is 334 g/mol. The summed E-state index contributed by atoms with van der Waals surface area (Å²) in [5, 5.41) is 3.82. The first-order chi connectivity index (χ1) is 11.9. The largest absolute Gasteiger partial charge is 0.419 e. The Labute approximate surface area is 139 Å². The second-order valence-electron chi connectivity index (χ2n) is 5.59. The van der Waals surface area contributed by atoms with Crippen molar-refractivity contribution in [2.45, 2.75) is 6.18 Å². The van der Waals surface area contributed by atoms with Gasteiger partial charge in [0.05, 0.1) is 5.52 Å². The number of nitrogens with one attached hydrogen (secondary N) is 2. The van der Waals surface area contributed by atoms with Gasteiger partial charge in [-0.15, -0.1) is 0 Å². The maximum atomic E-state index is 13.6. The van der Waals surface area contributed by atoms with Crippen LogP contribution in [-0.2, 0) is 6.18 Å². The summed E-state index contributed by atoms with van der Waals surface area (Å²) in [6.07, 6.45) is -2.96. The zero-order chi connectivity index (χ0) is 17.6. The number of aromatic nitrogens is 2. The number of aromatic amines is 1. The molecule has 126 valence electrons. The molecule has 4 rings (SSSR count). The average molecular weight is 345 g/mol. The minimum Gasteiger partial charge on any atom is -0.361 e. The first-order valence-corrected chi connectivity index (χ1v) is 7.42. The Kier molecular flexibility index (Phi) is 3.38. The van der Waals surface area contributed by atoms with Gasteiger partial charge in [-0.3, -0.25) is 0 Å². The first kappa shape index (κ1) is 15.4. The van der Waals surface area contributed by atoms with E-state index in [2.05, 4.69) is 15.3 Å². The van der Waals surface area contributed by atoms with Crippen molar-refractivity contribution >= 4 is 33.3 Å². The van der Waals surface area contributed by atoms with Crippen molar-refractivity contribution in [2.24, 2.45) is 0 Å². The molecule has 0 saturated carbocycles. The number of halogens is 4. The van der Waals surface area contributed by atoms with Crippen LogP contribution in [0.1, 0.15) is 5.56 Å². The fourth-order valence-corrected chi connectivity index (χ4v) is 2.81. The van der Waals surface area contributed by atoms with Crippen LogP contribution < -0.4 is 5.32 Å². The van der Waals surface area contributed by atoms with Gasteiger partial charge in [0.25, 0.3) is 0 Å². The highest BCUT2D eigenvalue weighted by Gasteiger charge is 2.36. The Morgan fingerprint density at radius 3 is 2.60 bits per heavy atom. The Morgan fingerprint density at radius 1 is 0.960 bits per heavy atom. The topological polar surface area (TPSA) is 40.7 Å². The lowest BCUT2D eigenvalue weighted by Crippen LogP contribution is -2.09. The first-order valence-electron chi connectivity index (χ1n) is 7.42. The molecular formula is C18H11F4N3. The van der Waals surface area contributed by atoms with Gasteiger partial charge in [0.15, 0.2) is 0 Å². The molecule has 2 aromatic carbocycles. The van der Waals surface area contributed by atoms with Gasteiger partial charge >= 0.3 is 6.18 Å². The minimum atomic E-state index is -4.78. The molecule has 0 aliphatic carbocycles. The molecule has 0 radical (unpaired) electrons. The summed E-state index contributed by atoms with van der Waals surface area (Å²) >= 11 is 0. The second-order valence-corrected chi connectivity index (χ2v) is 5.59. The molecule has 0 spiro atoms. The smallest absolute Gasteiger partial charge is 0.361 e. The lowest BCUT2D eigenvalue weighted by molar-refractivity contribution is -0.138. The van der Waals surface area contributed by atoms with Crippen molar-refractivity contribution in [1.29, 1.82) is 0 Å². The fourth-order valence-electron chi connectivity index (χ4n) is 2.81. The van der Waals surface area contributed by atoms with Gasteiger partial charge in [-0.25, -0.2) is 9.37 Å². The number of hydrogen-bond acceptors (Lipinski definition) is 2. The molecule has 0 unspecified atom stereocenters. The lowest BCUT2D eigenvalue weighted by Gasteiger charge is -2.12. The van der Waals surface area contributed by atoms with Crippen LogP contribution in [0.5, 0.6) is 0 Å². The van der Waals surface area contributed by atoms with E-state index in [1.807, 2.05) is 30.5 Å². The predicted molar refractivity (Wildman–Crippen MR) is 88.3 cm³/mol. The van der Waals surface area contributed by atoms with E-state index >= 15 is 0 Å². The number of fused-ring (bicyclic) bond motifs is 2. The summed E-state index contributed by atoms with van der Waals surface area (Å²) in [6, 6.07) is 12.2. The van der Waals surface area contributed by atoms with Gasteiger partial charge in [-0.1, -0.05) is 6.07 Å². The number of benzene rings is 2. The van der Waals surface area contributed by atoms with Crippen molar-refractivity contribution in [3.63, 3.8) is 0 Å². The van der Waals surface area contributed by atoms with Gasteiger partial charge in [0.1, 0.15) is 17.2 Å².